The lowest BCUT2D eigenvalue weighted by atomic mass is 9.67. The topological polar surface area (TPSA) is 3.24 Å². The van der Waals surface area contributed by atoms with E-state index in [1.54, 1.807) is 0 Å². The van der Waals surface area contributed by atoms with Gasteiger partial charge in [-0.1, -0.05) is 224 Å². The largest absolute Gasteiger partial charge is 0.310 e. The third-order valence-electron chi connectivity index (χ3n) is 15.9. The summed E-state index contributed by atoms with van der Waals surface area (Å²) in [5, 5.41) is 7.59. The Labute approximate surface area is 401 Å². The Morgan fingerprint density at radius 3 is 1.03 bits per heavy atom. The van der Waals surface area contributed by atoms with Crippen molar-refractivity contribution in [2.75, 3.05) is 4.90 Å². The van der Waals surface area contributed by atoms with Crippen molar-refractivity contribution in [3.8, 4) is 33.4 Å². The molecule has 0 unspecified atom stereocenters. The Bertz CT molecular complexity index is 3940. The fourth-order valence-corrected chi connectivity index (χ4v) is 13.3. The molecule has 15 rings (SSSR count). The Kier molecular flexibility index (Phi) is 7.98. The first-order valence-electron chi connectivity index (χ1n) is 24.2. The van der Waals surface area contributed by atoms with Crippen LogP contribution < -0.4 is 4.90 Å². The van der Waals surface area contributed by atoms with Crippen molar-refractivity contribution in [2.45, 2.75) is 10.8 Å². The summed E-state index contributed by atoms with van der Waals surface area (Å²) in [5.41, 5.74) is 20.7. The molecule has 69 heavy (non-hydrogen) atoms. The van der Waals surface area contributed by atoms with Gasteiger partial charge in [-0.3, -0.25) is 0 Å². The summed E-state index contributed by atoms with van der Waals surface area (Å²) in [4.78, 5) is 2.50. The van der Waals surface area contributed by atoms with E-state index >= 15 is 0 Å². The van der Waals surface area contributed by atoms with Crippen LogP contribution in [-0.2, 0) is 10.8 Å². The van der Waals surface area contributed by atoms with Crippen LogP contribution in [0.4, 0.5) is 17.1 Å². The van der Waals surface area contributed by atoms with Crippen molar-refractivity contribution < 1.29 is 0 Å². The van der Waals surface area contributed by atoms with Crippen molar-refractivity contribution >= 4 is 49.4 Å². The molecule has 3 aliphatic carbocycles. The van der Waals surface area contributed by atoms with Gasteiger partial charge in [0.1, 0.15) is 0 Å². The molecule has 0 amide bonds. The molecule has 0 N–H and O–H groups in total. The van der Waals surface area contributed by atoms with Crippen LogP contribution in [0.5, 0.6) is 0 Å². The molecule has 1 spiro atoms. The molecule has 320 valence electrons. The van der Waals surface area contributed by atoms with Crippen LogP contribution in [0, 0.1) is 0 Å². The van der Waals surface area contributed by atoms with E-state index in [2.05, 4.69) is 266 Å². The van der Waals surface area contributed by atoms with Crippen LogP contribution in [0.1, 0.15) is 44.5 Å². The molecule has 0 aromatic heterocycles. The van der Waals surface area contributed by atoms with Gasteiger partial charge in [-0.25, -0.2) is 0 Å². The monoisotopic (exact) mass is 873 g/mol. The van der Waals surface area contributed by atoms with Gasteiger partial charge in [-0.15, -0.1) is 0 Å². The van der Waals surface area contributed by atoms with E-state index in [-0.39, 0.29) is 0 Å². The molecule has 0 saturated carbocycles. The standard InChI is InChI=1S/C68H43N/c1-2-18-44(19-3-1)67(61-29-13-8-24-54(61)55-25-9-14-30-62(55)67)45-34-36-46(37-35-45)69(47-38-40-53-51-22-5-4-20-49(51)50-21-6-7-23-52(50)60(53)42-47)48-39-41-59-58-28-12-17-33-65(58)68(66(59)43-48)63-31-15-10-26-56(63)57-27-11-16-32-64(57)68/h1-43H. The van der Waals surface area contributed by atoms with Crippen molar-refractivity contribution in [2.24, 2.45) is 0 Å². The molecule has 12 aromatic rings. The number of hydrogen-bond donors (Lipinski definition) is 0. The predicted molar refractivity (Wildman–Crippen MR) is 287 cm³/mol. The van der Waals surface area contributed by atoms with Crippen molar-refractivity contribution in [3.05, 3.63) is 305 Å². The van der Waals surface area contributed by atoms with E-state index in [0.29, 0.717) is 0 Å². The minimum absolute atomic E-state index is 0.464. The van der Waals surface area contributed by atoms with Crippen LogP contribution in [0.3, 0.4) is 0 Å². The van der Waals surface area contributed by atoms with Crippen LogP contribution in [0.15, 0.2) is 261 Å². The molecule has 0 aliphatic heterocycles. The first-order chi connectivity index (χ1) is 34.2. The van der Waals surface area contributed by atoms with Crippen molar-refractivity contribution in [1.29, 1.82) is 0 Å². The minimum atomic E-state index is -0.490. The van der Waals surface area contributed by atoms with E-state index in [4.69, 9.17) is 0 Å². The lowest BCUT2D eigenvalue weighted by molar-refractivity contribution is 0.768. The number of hydrogen-bond acceptors (Lipinski definition) is 1. The highest BCUT2D eigenvalue weighted by molar-refractivity contribution is 6.25. The van der Waals surface area contributed by atoms with Crippen molar-refractivity contribution in [1.82, 2.24) is 0 Å². The zero-order chi connectivity index (χ0) is 45.3. The molecule has 0 heterocycles. The third kappa shape index (κ3) is 5.04. The van der Waals surface area contributed by atoms with Gasteiger partial charge in [0.2, 0.25) is 0 Å². The molecular weight excluding hydrogens is 831 g/mol. The third-order valence-corrected chi connectivity index (χ3v) is 15.9. The highest BCUT2D eigenvalue weighted by Gasteiger charge is 2.52. The van der Waals surface area contributed by atoms with Gasteiger partial charge in [-0.05, 0) is 147 Å². The molecular formula is C68H43N. The maximum absolute atomic E-state index is 2.51. The number of fused-ring (bicyclic) bond motifs is 19. The second kappa shape index (κ2) is 14.4. The normalized spacial score (nSPS) is 14.0. The first kappa shape index (κ1) is 38.3. The van der Waals surface area contributed by atoms with E-state index in [1.807, 2.05) is 0 Å². The van der Waals surface area contributed by atoms with Crippen LogP contribution in [0.25, 0.3) is 65.7 Å². The van der Waals surface area contributed by atoms with E-state index in [0.717, 1.165) is 17.1 Å². The molecule has 0 bridgehead atoms. The summed E-state index contributed by atoms with van der Waals surface area (Å²) < 4.78 is 0. The fourth-order valence-electron chi connectivity index (χ4n) is 13.3. The Balaban J connectivity index is 0.992. The highest BCUT2D eigenvalue weighted by Crippen LogP contribution is 2.63. The predicted octanol–water partition coefficient (Wildman–Crippen LogP) is 17.3. The summed E-state index contributed by atoms with van der Waals surface area (Å²) in [6.07, 6.45) is 0. The molecule has 0 fully saturated rings. The summed E-state index contributed by atoms with van der Waals surface area (Å²) in [6.45, 7) is 0. The van der Waals surface area contributed by atoms with Gasteiger partial charge in [0.15, 0.2) is 0 Å². The fraction of sp³-hybridized carbons (Fsp3) is 0.0294. The molecule has 0 atom stereocenters. The lowest BCUT2D eigenvalue weighted by Crippen LogP contribution is -2.28. The zero-order valence-electron chi connectivity index (χ0n) is 37.8. The Morgan fingerprint density at radius 1 is 0.203 bits per heavy atom. The summed E-state index contributed by atoms with van der Waals surface area (Å²) in [6, 6.07) is 98.1. The number of rotatable bonds is 5. The molecule has 1 nitrogen and oxygen atoms in total. The summed E-state index contributed by atoms with van der Waals surface area (Å²) in [5.74, 6) is 0. The number of anilines is 3. The van der Waals surface area contributed by atoms with Gasteiger partial charge in [0.05, 0.1) is 10.8 Å². The molecule has 3 aliphatic rings. The molecule has 0 radical (unpaired) electrons. The summed E-state index contributed by atoms with van der Waals surface area (Å²) >= 11 is 0. The molecule has 1 heteroatoms. The Hall–Kier alpha value is -8.78. The van der Waals surface area contributed by atoms with E-state index < -0.39 is 10.8 Å². The molecule has 0 saturated heterocycles. The van der Waals surface area contributed by atoms with Gasteiger partial charge >= 0.3 is 0 Å². The van der Waals surface area contributed by atoms with Gasteiger partial charge in [-0.2, -0.15) is 0 Å². The Morgan fingerprint density at radius 2 is 0.536 bits per heavy atom. The number of nitrogens with zero attached hydrogens (tertiary/aromatic N) is 1. The average molecular weight is 874 g/mol. The van der Waals surface area contributed by atoms with Crippen LogP contribution in [0.2, 0.25) is 0 Å². The minimum Gasteiger partial charge on any atom is -0.310 e. The second-order valence-electron chi connectivity index (χ2n) is 19.0. The van der Waals surface area contributed by atoms with E-state index in [9.17, 15) is 0 Å². The van der Waals surface area contributed by atoms with E-state index in [1.165, 1.54) is 110 Å². The van der Waals surface area contributed by atoms with Crippen LogP contribution >= 0.6 is 0 Å². The summed E-state index contributed by atoms with van der Waals surface area (Å²) in [7, 11) is 0. The smallest absolute Gasteiger partial charge is 0.0726 e. The van der Waals surface area contributed by atoms with Gasteiger partial charge in [0, 0.05) is 17.1 Å². The maximum Gasteiger partial charge on any atom is 0.0726 e. The second-order valence-corrected chi connectivity index (χ2v) is 19.0. The van der Waals surface area contributed by atoms with Gasteiger partial charge < -0.3 is 4.90 Å². The highest BCUT2D eigenvalue weighted by atomic mass is 15.1. The zero-order valence-corrected chi connectivity index (χ0v) is 37.8. The van der Waals surface area contributed by atoms with Crippen molar-refractivity contribution in [3.63, 3.8) is 0 Å². The van der Waals surface area contributed by atoms with Gasteiger partial charge in [0.25, 0.3) is 0 Å². The molecule has 12 aromatic carbocycles. The maximum atomic E-state index is 2.51. The first-order valence-corrected chi connectivity index (χ1v) is 24.2. The quantitative estimate of drug-likeness (QED) is 0.156. The lowest BCUT2D eigenvalue weighted by Gasteiger charge is -2.35. The van der Waals surface area contributed by atoms with Crippen LogP contribution in [-0.4, -0.2) is 0 Å². The average Bonchev–Trinajstić information content (AvgIpc) is 4.02. The SMILES string of the molecule is c1ccc(C2(c3ccc(N(c4ccc5c(c4)C4(c6ccccc6-c6ccccc64)c4ccccc4-5)c4ccc5c6ccccc6c6ccccc6c5c4)cc3)c3ccccc3-c3ccccc32)cc1. The number of benzene rings is 12.